The molecular formula is C6H9ClO2S. The SMILES string of the molecule is CS(=O)(=O)[C@@H]1C=C[C@H](Cl)C1. The quantitative estimate of drug-likeness (QED) is 0.445. The van der Waals surface area contributed by atoms with Crippen LogP contribution in [0.2, 0.25) is 0 Å². The zero-order chi connectivity index (χ0) is 7.78. The Morgan fingerprint density at radius 2 is 2.10 bits per heavy atom. The van der Waals surface area contributed by atoms with Gasteiger partial charge in [-0.3, -0.25) is 0 Å². The molecule has 0 saturated heterocycles. The van der Waals surface area contributed by atoms with Crippen molar-refractivity contribution in [2.24, 2.45) is 0 Å². The van der Waals surface area contributed by atoms with E-state index in [1.54, 1.807) is 12.2 Å². The predicted octanol–water partition coefficient (Wildman–Crippen LogP) is 0.967. The molecule has 0 unspecified atom stereocenters. The zero-order valence-corrected chi connectivity index (χ0v) is 7.19. The van der Waals surface area contributed by atoms with E-state index in [2.05, 4.69) is 0 Å². The van der Waals surface area contributed by atoms with Crippen LogP contribution in [0.15, 0.2) is 12.2 Å². The largest absolute Gasteiger partial charge is 0.229 e. The van der Waals surface area contributed by atoms with Gasteiger partial charge in [0.25, 0.3) is 0 Å². The number of allylic oxidation sites excluding steroid dienone is 1. The van der Waals surface area contributed by atoms with Crippen LogP contribution < -0.4 is 0 Å². The lowest BCUT2D eigenvalue weighted by Gasteiger charge is -2.03. The summed E-state index contributed by atoms with van der Waals surface area (Å²) >= 11 is 5.66. The van der Waals surface area contributed by atoms with Gasteiger partial charge in [-0.1, -0.05) is 12.2 Å². The van der Waals surface area contributed by atoms with Gasteiger partial charge in [0.1, 0.15) is 0 Å². The number of rotatable bonds is 1. The van der Waals surface area contributed by atoms with E-state index in [4.69, 9.17) is 11.6 Å². The van der Waals surface area contributed by atoms with E-state index in [1.165, 1.54) is 6.26 Å². The minimum atomic E-state index is -2.91. The third-order valence-electron chi connectivity index (χ3n) is 1.54. The molecule has 1 rings (SSSR count). The van der Waals surface area contributed by atoms with Crippen molar-refractivity contribution in [2.45, 2.75) is 17.0 Å². The molecule has 0 aromatic rings. The summed E-state index contributed by atoms with van der Waals surface area (Å²) in [5.41, 5.74) is 0. The maximum Gasteiger partial charge on any atom is 0.153 e. The van der Waals surface area contributed by atoms with Gasteiger partial charge in [-0.2, -0.15) is 0 Å². The summed E-state index contributed by atoms with van der Waals surface area (Å²) in [6.45, 7) is 0. The Labute approximate surface area is 65.8 Å². The highest BCUT2D eigenvalue weighted by molar-refractivity contribution is 7.91. The van der Waals surface area contributed by atoms with Crippen molar-refractivity contribution in [1.82, 2.24) is 0 Å². The minimum Gasteiger partial charge on any atom is -0.229 e. The van der Waals surface area contributed by atoms with Crippen molar-refractivity contribution in [3.05, 3.63) is 12.2 Å². The number of sulfone groups is 1. The van der Waals surface area contributed by atoms with Gasteiger partial charge in [0.15, 0.2) is 9.84 Å². The maximum absolute atomic E-state index is 10.9. The molecule has 0 aliphatic heterocycles. The maximum atomic E-state index is 10.9. The Morgan fingerprint density at radius 1 is 1.50 bits per heavy atom. The van der Waals surface area contributed by atoms with Crippen LogP contribution in [0, 0.1) is 0 Å². The van der Waals surface area contributed by atoms with E-state index < -0.39 is 9.84 Å². The molecule has 0 saturated carbocycles. The fourth-order valence-electron chi connectivity index (χ4n) is 0.941. The molecule has 0 aromatic carbocycles. The number of hydrogen-bond acceptors (Lipinski definition) is 2. The molecule has 1 aliphatic rings. The van der Waals surface area contributed by atoms with E-state index in [9.17, 15) is 8.42 Å². The van der Waals surface area contributed by atoms with Crippen molar-refractivity contribution in [1.29, 1.82) is 0 Å². The molecule has 2 nitrogen and oxygen atoms in total. The third-order valence-corrected chi connectivity index (χ3v) is 3.32. The molecule has 0 aromatic heterocycles. The lowest BCUT2D eigenvalue weighted by atomic mass is 10.3. The Hall–Kier alpha value is -0.0200. The van der Waals surface area contributed by atoms with Gasteiger partial charge in [0.05, 0.1) is 10.6 Å². The fraction of sp³-hybridized carbons (Fsp3) is 0.667. The highest BCUT2D eigenvalue weighted by Crippen LogP contribution is 2.21. The molecule has 1 aliphatic carbocycles. The average molecular weight is 181 g/mol. The smallest absolute Gasteiger partial charge is 0.153 e. The molecule has 0 heterocycles. The minimum absolute atomic E-state index is 0.0975. The van der Waals surface area contributed by atoms with E-state index in [1.807, 2.05) is 0 Å². The number of hydrogen-bond donors (Lipinski definition) is 0. The van der Waals surface area contributed by atoms with Gasteiger partial charge in [0.2, 0.25) is 0 Å². The van der Waals surface area contributed by atoms with Gasteiger partial charge >= 0.3 is 0 Å². The summed E-state index contributed by atoms with van der Waals surface area (Å²) < 4.78 is 21.7. The van der Waals surface area contributed by atoms with E-state index >= 15 is 0 Å². The van der Waals surface area contributed by atoms with Crippen molar-refractivity contribution in [2.75, 3.05) is 6.26 Å². The first-order valence-corrected chi connectivity index (χ1v) is 5.40. The number of alkyl halides is 1. The van der Waals surface area contributed by atoms with Crippen molar-refractivity contribution >= 4 is 21.4 Å². The normalized spacial score (nSPS) is 33.0. The number of halogens is 1. The Balaban J connectivity index is 2.73. The molecule has 0 amide bonds. The standard InChI is InChI=1S/C6H9ClO2S/c1-10(8,9)6-3-2-5(7)4-6/h2-3,5-6H,4H2,1H3/t5-,6+/m0/s1. The first kappa shape index (κ1) is 8.08. The van der Waals surface area contributed by atoms with Crippen LogP contribution in [0.3, 0.4) is 0 Å². The summed E-state index contributed by atoms with van der Waals surface area (Å²) in [5.74, 6) is 0. The molecule has 58 valence electrons. The summed E-state index contributed by atoms with van der Waals surface area (Å²) in [4.78, 5) is 0. The summed E-state index contributed by atoms with van der Waals surface area (Å²) in [7, 11) is -2.91. The molecule has 10 heavy (non-hydrogen) atoms. The van der Waals surface area contributed by atoms with Crippen molar-refractivity contribution in [3.8, 4) is 0 Å². The van der Waals surface area contributed by atoms with Gasteiger partial charge in [0, 0.05) is 6.26 Å². The van der Waals surface area contributed by atoms with Gasteiger partial charge in [-0.15, -0.1) is 11.6 Å². The molecule has 4 heteroatoms. The van der Waals surface area contributed by atoms with Crippen LogP contribution in [0.1, 0.15) is 6.42 Å². The molecule has 0 spiro atoms. The molecule has 0 bridgehead atoms. The van der Waals surface area contributed by atoms with Crippen LogP contribution in [0.4, 0.5) is 0 Å². The highest BCUT2D eigenvalue weighted by Gasteiger charge is 2.24. The van der Waals surface area contributed by atoms with Gasteiger partial charge in [-0.05, 0) is 6.42 Å². The van der Waals surface area contributed by atoms with Crippen LogP contribution in [0.25, 0.3) is 0 Å². The second kappa shape index (κ2) is 2.55. The first-order valence-electron chi connectivity index (χ1n) is 3.01. The van der Waals surface area contributed by atoms with Crippen molar-refractivity contribution in [3.63, 3.8) is 0 Å². The van der Waals surface area contributed by atoms with E-state index in [0.717, 1.165) is 0 Å². The molecule has 2 atom stereocenters. The second-order valence-corrected chi connectivity index (χ2v) is 5.33. The molecule has 0 radical (unpaired) electrons. The Bertz CT molecular complexity index is 242. The van der Waals surface area contributed by atoms with Crippen molar-refractivity contribution < 1.29 is 8.42 Å². The van der Waals surface area contributed by atoms with Crippen LogP contribution in [0.5, 0.6) is 0 Å². The highest BCUT2D eigenvalue weighted by atomic mass is 35.5. The molecular weight excluding hydrogens is 172 g/mol. The Kier molecular flexibility index (Phi) is 2.06. The van der Waals surface area contributed by atoms with Crippen LogP contribution in [-0.4, -0.2) is 25.3 Å². The summed E-state index contributed by atoms with van der Waals surface area (Å²) in [5, 5.41) is -0.449. The van der Waals surface area contributed by atoms with Crippen LogP contribution >= 0.6 is 11.6 Å². The van der Waals surface area contributed by atoms with E-state index in [-0.39, 0.29) is 10.6 Å². The third kappa shape index (κ3) is 1.73. The summed E-state index contributed by atoms with van der Waals surface area (Å²) in [6.07, 6.45) is 5.15. The lowest BCUT2D eigenvalue weighted by molar-refractivity contribution is 0.593. The topological polar surface area (TPSA) is 34.1 Å². The monoisotopic (exact) mass is 180 g/mol. The Morgan fingerprint density at radius 3 is 2.30 bits per heavy atom. The average Bonchev–Trinajstić information content (AvgIpc) is 2.11. The summed E-state index contributed by atoms with van der Waals surface area (Å²) in [6, 6.07) is 0. The predicted molar refractivity (Wildman–Crippen MR) is 42.0 cm³/mol. The molecule has 0 fully saturated rings. The second-order valence-electron chi connectivity index (χ2n) is 2.50. The lowest BCUT2D eigenvalue weighted by Crippen LogP contribution is -2.15. The first-order chi connectivity index (χ1) is 4.50. The van der Waals surface area contributed by atoms with E-state index in [0.29, 0.717) is 6.42 Å². The fourth-order valence-corrected chi connectivity index (χ4v) is 2.26. The van der Waals surface area contributed by atoms with Gasteiger partial charge < -0.3 is 0 Å². The molecule has 0 N–H and O–H groups in total. The van der Waals surface area contributed by atoms with Gasteiger partial charge in [-0.25, -0.2) is 8.42 Å². The van der Waals surface area contributed by atoms with Crippen LogP contribution in [-0.2, 0) is 9.84 Å². The zero-order valence-electron chi connectivity index (χ0n) is 5.62.